The second-order valence-corrected chi connectivity index (χ2v) is 4.07. The number of cyclic esters (lactones) is 1. The van der Waals surface area contributed by atoms with Crippen LogP contribution in [-0.4, -0.2) is 27.8 Å². The highest BCUT2D eigenvalue weighted by Crippen LogP contribution is 2.34. The van der Waals surface area contributed by atoms with Crippen molar-refractivity contribution in [2.24, 2.45) is 4.99 Å². The SMILES string of the molecule is O=C1OC(C(F)(F)F)=NC1(Br)CBr. The van der Waals surface area contributed by atoms with Gasteiger partial charge in [0.05, 0.1) is 0 Å². The van der Waals surface area contributed by atoms with Gasteiger partial charge < -0.3 is 4.74 Å². The molecule has 0 fully saturated rings. The van der Waals surface area contributed by atoms with E-state index in [0.717, 1.165) is 0 Å². The summed E-state index contributed by atoms with van der Waals surface area (Å²) < 4.78 is 38.2. The van der Waals surface area contributed by atoms with Gasteiger partial charge in [0, 0.05) is 5.33 Å². The molecule has 1 heterocycles. The lowest BCUT2D eigenvalue weighted by Gasteiger charge is -2.07. The van der Waals surface area contributed by atoms with Crippen LogP contribution in [0.5, 0.6) is 0 Å². The Balaban J connectivity index is 2.97. The molecule has 1 unspecified atom stereocenters. The van der Waals surface area contributed by atoms with E-state index in [1.165, 1.54) is 0 Å². The zero-order valence-corrected chi connectivity index (χ0v) is 9.03. The number of nitrogens with zero attached hydrogens (tertiary/aromatic N) is 1. The summed E-state index contributed by atoms with van der Waals surface area (Å²) in [5.74, 6) is -2.59. The van der Waals surface area contributed by atoms with Crippen LogP contribution in [0.4, 0.5) is 13.2 Å². The number of halogens is 5. The molecule has 74 valence electrons. The van der Waals surface area contributed by atoms with Crippen molar-refractivity contribution in [1.82, 2.24) is 0 Å². The first kappa shape index (κ1) is 11.0. The minimum atomic E-state index is -4.73. The van der Waals surface area contributed by atoms with Crippen LogP contribution in [0.3, 0.4) is 0 Å². The van der Waals surface area contributed by atoms with E-state index in [1.807, 2.05) is 0 Å². The van der Waals surface area contributed by atoms with Crippen molar-refractivity contribution in [1.29, 1.82) is 0 Å². The van der Waals surface area contributed by atoms with E-state index in [9.17, 15) is 18.0 Å². The zero-order valence-electron chi connectivity index (χ0n) is 5.86. The lowest BCUT2D eigenvalue weighted by atomic mass is 10.4. The summed E-state index contributed by atoms with van der Waals surface area (Å²) in [5.41, 5.74) is 0. The van der Waals surface area contributed by atoms with Gasteiger partial charge in [0.2, 0.25) is 4.45 Å². The topological polar surface area (TPSA) is 38.7 Å². The largest absolute Gasteiger partial charge is 0.468 e. The molecule has 0 bridgehead atoms. The fourth-order valence-electron chi connectivity index (χ4n) is 0.601. The van der Waals surface area contributed by atoms with Crippen molar-refractivity contribution >= 4 is 43.7 Å². The van der Waals surface area contributed by atoms with E-state index in [1.54, 1.807) is 0 Å². The number of aliphatic imine (C=N–C) groups is 1. The Morgan fingerprint density at radius 1 is 1.54 bits per heavy atom. The molecule has 0 N–H and O–H groups in total. The Bertz CT molecular complexity index is 277. The minimum Gasteiger partial charge on any atom is -0.400 e. The number of hydrogen-bond acceptors (Lipinski definition) is 3. The first-order valence-corrected chi connectivity index (χ1v) is 4.85. The van der Waals surface area contributed by atoms with Crippen LogP contribution in [0.1, 0.15) is 0 Å². The molecule has 0 aromatic heterocycles. The summed E-state index contributed by atoms with van der Waals surface area (Å²) in [6.07, 6.45) is -4.73. The molecular formula is C5H2Br2F3NO2. The Morgan fingerprint density at radius 2 is 2.08 bits per heavy atom. The summed E-state index contributed by atoms with van der Waals surface area (Å²) in [6.45, 7) is 0. The van der Waals surface area contributed by atoms with Crippen LogP contribution < -0.4 is 0 Å². The van der Waals surface area contributed by atoms with Gasteiger partial charge in [0.1, 0.15) is 0 Å². The lowest BCUT2D eigenvalue weighted by molar-refractivity contribution is -0.139. The molecule has 1 atom stereocenters. The van der Waals surface area contributed by atoms with Crippen molar-refractivity contribution in [3.63, 3.8) is 0 Å². The number of carbonyl (C=O) groups excluding carboxylic acids is 1. The summed E-state index contributed by atoms with van der Waals surface area (Å²) in [7, 11) is 0. The number of rotatable bonds is 1. The van der Waals surface area contributed by atoms with Gasteiger partial charge in [0.15, 0.2) is 0 Å². The fourth-order valence-corrected chi connectivity index (χ4v) is 1.20. The average molecular weight is 325 g/mol. The summed E-state index contributed by atoms with van der Waals surface area (Å²) in [5, 5.41) is -0.0849. The predicted octanol–water partition coefficient (Wildman–Crippen LogP) is 1.99. The van der Waals surface area contributed by atoms with E-state index in [0.29, 0.717) is 0 Å². The van der Waals surface area contributed by atoms with Gasteiger partial charge in [-0.25, -0.2) is 9.79 Å². The smallest absolute Gasteiger partial charge is 0.400 e. The van der Waals surface area contributed by atoms with Crippen molar-refractivity contribution in [2.75, 3.05) is 5.33 Å². The van der Waals surface area contributed by atoms with E-state index in [-0.39, 0.29) is 5.33 Å². The lowest BCUT2D eigenvalue weighted by Crippen LogP contribution is -2.28. The Labute approximate surface area is 87.6 Å². The quantitative estimate of drug-likeness (QED) is 0.420. The van der Waals surface area contributed by atoms with Gasteiger partial charge in [0.25, 0.3) is 0 Å². The molecule has 0 aliphatic carbocycles. The number of esters is 1. The monoisotopic (exact) mass is 323 g/mol. The highest BCUT2D eigenvalue weighted by atomic mass is 79.9. The molecule has 0 amide bonds. The van der Waals surface area contributed by atoms with Crippen molar-refractivity contribution in [3.8, 4) is 0 Å². The van der Waals surface area contributed by atoms with Crippen LogP contribution in [0.2, 0.25) is 0 Å². The summed E-state index contributed by atoms with van der Waals surface area (Å²) in [4.78, 5) is 14.0. The summed E-state index contributed by atoms with van der Waals surface area (Å²) >= 11 is 5.58. The molecule has 8 heteroatoms. The molecule has 0 radical (unpaired) electrons. The number of hydrogen-bond donors (Lipinski definition) is 0. The van der Waals surface area contributed by atoms with E-state index in [4.69, 9.17) is 0 Å². The van der Waals surface area contributed by atoms with Gasteiger partial charge in [-0.2, -0.15) is 13.2 Å². The molecule has 0 saturated heterocycles. The standard InChI is InChI=1S/C5H2Br2F3NO2/c6-1-4(7)3(12)13-2(11-4)5(8,9)10/h1H2. The van der Waals surface area contributed by atoms with Crippen LogP contribution >= 0.6 is 31.9 Å². The van der Waals surface area contributed by atoms with Crippen LogP contribution in [-0.2, 0) is 9.53 Å². The van der Waals surface area contributed by atoms with E-state index in [2.05, 4.69) is 41.6 Å². The maximum Gasteiger partial charge on any atom is 0.468 e. The second kappa shape index (κ2) is 3.23. The molecule has 0 aromatic rings. The van der Waals surface area contributed by atoms with Gasteiger partial charge in [-0.3, -0.25) is 0 Å². The van der Waals surface area contributed by atoms with Gasteiger partial charge in [-0.15, -0.1) is 0 Å². The van der Waals surface area contributed by atoms with Crippen LogP contribution in [0.25, 0.3) is 0 Å². The molecule has 13 heavy (non-hydrogen) atoms. The van der Waals surface area contributed by atoms with Gasteiger partial charge in [-0.05, 0) is 15.9 Å². The third-order valence-electron chi connectivity index (χ3n) is 1.20. The zero-order chi connectivity index (χ0) is 10.3. The Hall–Kier alpha value is -0.110. The van der Waals surface area contributed by atoms with Crippen molar-refractivity contribution in [3.05, 3.63) is 0 Å². The van der Waals surface area contributed by atoms with Crippen molar-refractivity contribution in [2.45, 2.75) is 10.6 Å². The molecule has 0 spiro atoms. The normalized spacial score (nSPS) is 28.7. The third kappa shape index (κ3) is 2.04. The maximum atomic E-state index is 12.0. The first-order valence-electron chi connectivity index (χ1n) is 2.94. The number of carbonyl (C=O) groups is 1. The highest BCUT2D eigenvalue weighted by molar-refractivity contribution is 9.12. The van der Waals surface area contributed by atoms with Gasteiger partial charge in [-0.1, -0.05) is 15.9 Å². The Kier molecular flexibility index (Phi) is 2.73. The second-order valence-electron chi connectivity index (χ2n) is 2.20. The maximum absolute atomic E-state index is 12.0. The van der Waals surface area contributed by atoms with E-state index < -0.39 is 22.5 Å². The summed E-state index contributed by atoms with van der Waals surface area (Å²) in [6, 6.07) is 0. The number of alkyl halides is 5. The van der Waals surface area contributed by atoms with Gasteiger partial charge >= 0.3 is 18.0 Å². The average Bonchev–Trinajstić information content (AvgIpc) is 2.29. The van der Waals surface area contributed by atoms with E-state index >= 15 is 0 Å². The fraction of sp³-hybridized carbons (Fsp3) is 0.600. The van der Waals surface area contributed by atoms with Crippen LogP contribution in [0, 0.1) is 0 Å². The molecule has 1 aliphatic rings. The molecule has 3 nitrogen and oxygen atoms in total. The number of ether oxygens (including phenoxy) is 1. The van der Waals surface area contributed by atoms with Crippen LogP contribution in [0.15, 0.2) is 4.99 Å². The Morgan fingerprint density at radius 3 is 2.31 bits per heavy atom. The molecule has 1 aliphatic heterocycles. The molecular weight excluding hydrogens is 323 g/mol. The highest BCUT2D eigenvalue weighted by Gasteiger charge is 2.52. The third-order valence-corrected chi connectivity index (χ3v) is 3.55. The molecule has 0 saturated carbocycles. The predicted molar refractivity (Wildman–Crippen MR) is 45.0 cm³/mol. The first-order chi connectivity index (χ1) is 5.79. The van der Waals surface area contributed by atoms with Crippen molar-refractivity contribution < 1.29 is 22.7 Å². The minimum absolute atomic E-state index is 0.0849. The molecule has 1 rings (SSSR count). The molecule has 0 aromatic carbocycles.